The smallest absolute Gasteiger partial charge is 0.295 e. The Bertz CT molecular complexity index is 2400. The molecule has 0 heterocycles. The summed E-state index contributed by atoms with van der Waals surface area (Å²) in [5.74, 6) is 0. The molecule has 0 aromatic heterocycles. The maximum atomic E-state index is 12.5. The lowest BCUT2D eigenvalue weighted by Crippen LogP contribution is -2.23. The van der Waals surface area contributed by atoms with Crippen LogP contribution in [0.1, 0.15) is 36.1 Å². The van der Waals surface area contributed by atoms with E-state index < -0.39 is 30.4 Å². The van der Waals surface area contributed by atoms with Gasteiger partial charge >= 0.3 is 0 Å². The number of hydrogen-bond donors (Lipinski definition) is 3. The van der Waals surface area contributed by atoms with Crippen LogP contribution in [0.25, 0.3) is 5.57 Å². The summed E-state index contributed by atoms with van der Waals surface area (Å²) in [6.07, 6.45) is 7.39. The number of benzene rings is 4. The highest BCUT2D eigenvalue weighted by atomic mass is 32.2. The van der Waals surface area contributed by atoms with Crippen LogP contribution >= 0.6 is 0 Å². The number of rotatable bonds is 12. The molecule has 4 aromatic rings. The third-order valence-corrected chi connectivity index (χ3v) is 11.1. The monoisotopic (exact) mass is 749 g/mol. The Hall–Kier alpha value is -4.70. The van der Waals surface area contributed by atoms with Crippen molar-refractivity contribution in [1.29, 1.82) is 0 Å². The van der Waals surface area contributed by atoms with E-state index in [0.717, 1.165) is 11.4 Å². The van der Waals surface area contributed by atoms with Crippen LogP contribution in [0.4, 0.5) is 5.69 Å². The van der Waals surface area contributed by atoms with E-state index in [-0.39, 0.29) is 26.8 Å². The lowest BCUT2D eigenvalue weighted by molar-refractivity contribution is -0.539. The van der Waals surface area contributed by atoms with Crippen molar-refractivity contribution < 1.29 is 43.5 Å². The zero-order valence-electron chi connectivity index (χ0n) is 27.8. The van der Waals surface area contributed by atoms with E-state index in [4.69, 9.17) is 0 Å². The van der Waals surface area contributed by atoms with Gasteiger partial charge in [-0.3, -0.25) is 13.7 Å². The molecule has 0 atom stereocenters. The average molecular weight is 750 g/mol. The highest BCUT2D eigenvalue weighted by Gasteiger charge is 2.23. The molecular formula is C37H37N2O9S3+. The number of allylic oxidation sites excluding steroid dienone is 5. The van der Waals surface area contributed by atoms with Gasteiger partial charge in [-0.2, -0.15) is 25.3 Å². The second-order valence-corrected chi connectivity index (χ2v) is 15.9. The average Bonchev–Trinajstić information content (AvgIpc) is 3.10. The van der Waals surface area contributed by atoms with Gasteiger partial charge in [0.05, 0.1) is 9.79 Å². The minimum atomic E-state index is -4.61. The van der Waals surface area contributed by atoms with Gasteiger partial charge in [0.2, 0.25) is 0 Å². The molecule has 11 nitrogen and oxygen atoms in total. The van der Waals surface area contributed by atoms with E-state index in [1.165, 1.54) is 36.4 Å². The van der Waals surface area contributed by atoms with Gasteiger partial charge in [0, 0.05) is 42.1 Å². The number of anilines is 1. The summed E-state index contributed by atoms with van der Waals surface area (Å²) in [6.45, 7) is 5.49. The van der Waals surface area contributed by atoms with Crippen molar-refractivity contribution in [3.8, 4) is 0 Å². The van der Waals surface area contributed by atoms with Gasteiger partial charge < -0.3 is 4.90 Å². The number of hydrogen-bond acceptors (Lipinski definition) is 7. The van der Waals surface area contributed by atoms with Gasteiger partial charge in [0.25, 0.3) is 30.4 Å². The van der Waals surface area contributed by atoms with Crippen LogP contribution in [0.5, 0.6) is 0 Å². The maximum absolute atomic E-state index is 12.5. The van der Waals surface area contributed by atoms with Gasteiger partial charge in [-0.1, -0.05) is 60.7 Å². The molecule has 14 heteroatoms. The normalized spacial score (nSPS) is 13.4. The lowest BCUT2D eigenvalue weighted by Gasteiger charge is -2.25. The molecule has 1 aliphatic carbocycles. The van der Waals surface area contributed by atoms with E-state index in [1.807, 2.05) is 71.9 Å². The van der Waals surface area contributed by atoms with Gasteiger partial charge in [0.1, 0.15) is 11.4 Å². The molecule has 51 heavy (non-hydrogen) atoms. The summed E-state index contributed by atoms with van der Waals surface area (Å²) in [5.41, 5.74) is 4.77. The first-order chi connectivity index (χ1) is 24.1. The van der Waals surface area contributed by atoms with Crippen molar-refractivity contribution in [2.45, 2.75) is 41.6 Å². The molecule has 0 unspecified atom stereocenters. The van der Waals surface area contributed by atoms with Gasteiger partial charge in [0.15, 0.2) is 12.3 Å². The predicted molar refractivity (Wildman–Crippen MR) is 196 cm³/mol. The minimum absolute atomic E-state index is 0.172. The van der Waals surface area contributed by atoms with Crippen molar-refractivity contribution in [2.24, 2.45) is 0 Å². The summed E-state index contributed by atoms with van der Waals surface area (Å²) in [4.78, 5) is 1.30. The second-order valence-electron chi connectivity index (χ2n) is 11.7. The molecule has 0 spiro atoms. The fourth-order valence-electron chi connectivity index (χ4n) is 5.94. The van der Waals surface area contributed by atoms with Crippen LogP contribution < -0.4 is 4.90 Å². The van der Waals surface area contributed by atoms with Crippen LogP contribution in [0.2, 0.25) is 0 Å². The van der Waals surface area contributed by atoms with Crippen LogP contribution in [0, 0.1) is 0 Å². The third kappa shape index (κ3) is 8.97. The van der Waals surface area contributed by atoms with Gasteiger partial charge in [-0.05, 0) is 84.7 Å². The Morgan fingerprint density at radius 3 is 1.86 bits per heavy atom. The van der Waals surface area contributed by atoms with Crippen LogP contribution in [-0.2, 0) is 43.4 Å². The lowest BCUT2D eigenvalue weighted by atomic mass is 9.90. The van der Waals surface area contributed by atoms with Crippen molar-refractivity contribution in [3.05, 3.63) is 149 Å². The van der Waals surface area contributed by atoms with Crippen molar-refractivity contribution >= 4 is 47.3 Å². The van der Waals surface area contributed by atoms with Crippen LogP contribution in [0.15, 0.2) is 142 Å². The standard InChI is InChI=1S/C37H36N2O9S3/c1-3-38(25-27-10-9-12-33(24-27)49(40,41)42)31-20-16-28(17-21-31)37(34-13-6-8-15-36(34)51(46,47)48)29-18-22-32(23-19-29)39(4-2)26-30-11-5-7-14-35(30)50(43,44)45/h5-24H,3-4,25-26H2,1-2H3,(H2-,40,41,42,43,44,45,46,47,48)/p+1. The minimum Gasteiger partial charge on any atom is -0.367 e. The quantitative estimate of drug-likeness (QED) is 0.114. The Labute approximate surface area is 298 Å². The van der Waals surface area contributed by atoms with Gasteiger partial charge in [-0.25, -0.2) is 4.58 Å². The Morgan fingerprint density at radius 1 is 0.667 bits per heavy atom. The molecule has 0 saturated heterocycles. The van der Waals surface area contributed by atoms with Crippen molar-refractivity contribution in [2.75, 3.05) is 18.0 Å². The van der Waals surface area contributed by atoms with Crippen LogP contribution in [-0.4, -0.2) is 62.3 Å². The van der Waals surface area contributed by atoms with Crippen LogP contribution in [0.3, 0.4) is 0 Å². The highest BCUT2D eigenvalue weighted by molar-refractivity contribution is 7.86. The summed E-state index contributed by atoms with van der Waals surface area (Å²) >= 11 is 0. The predicted octanol–water partition coefficient (Wildman–Crippen LogP) is 6.05. The molecule has 1 aliphatic rings. The Kier molecular flexibility index (Phi) is 11.2. The van der Waals surface area contributed by atoms with Gasteiger partial charge in [-0.15, -0.1) is 0 Å². The third-order valence-electron chi connectivity index (χ3n) is 8.42. The summed E-state index contributed by atoms with van der Waals surface area (Å²) in [7, 11) is -13.4. The molecule has 0 aliphatic heterocycles. The fourth-order valence-corrected chi connectivity index (χ4v) is 7.91. The first-order valence-corrected chi connectivity index (χ1v) is 20.2. The molecular weight excluding hydrogens is 713 g/mol. The molecule has 0 saturated carbocycles. The molecule has 0 bridgehead atoms. The fraction of sp³-hybridized carbons (Fsp3) is 0.162. The molecule has 4 aromatic carbocycles. The van der Waals surface area contributed by atoms with E-state index in [1.54, 1.807) is 36.4 Å². The zero-order valence-corrected chi connectivity index (χ0v) is 30.2. The first kappa shape index (κ1) is 37.6. The molecule has 266 valence electrons. The second kappa shape index (κ2) is 15.3. The van der Waals surface area contributed by atoms with E-state index >= 15 is 0 Å². The Balaban J connectivity index is 1.56. The number of nitrogens with zero attached hydrogens (tertiary/aromatic N) is 2. The zero-order chi connectivity index (χ0) is 37.0. The highest BCUT2D eigenvalue weighted by Crippen LogP contribution is 2.35. The molecule has 3 N–H and O–H groups in total. The SMILES string of the molecule is CCN(Cc1ccccc1S(=O)(=O)O)c1ccc(C(=C2C=CC(=[N+](CC)Cc3cccc(S(=O)(=O)O)c3)C=C2)c2ccccc2S(=O)(=O)O)cc1. The van der Waals surface area contributed by atoms with Crippen molar-refractivity contribution in [3.63, 3.8) is 0 Å². The van der Waals surface area contributed by atoms with E-state index in [2.05, 4.69) is 0 Å². The summed E-state index contributed by atoms with van der Waals surface area (Å²) < 4.78 is 104. The molecule has 0 fully saturated rings. The van der Waals surface area contributed by atoms with Crippen molar-refractivity contribution in [1.82, 2.24) is 0 Å². The maximum Gasteiger partial charge on any atom is 0.295 e. The topological polar surface area (TPSA) is 169 Å². The molecule has 0 amide bonds. The van der Waals surface area contributed by atoms with E-state index in [0.29, 0.717) is 47.5 Å². The van der Waals surface area contributed by atoms with E-state index in [9.17, 15) is 38.9 Å². The summed E-state index contributed by atoms with van der Waals surface area (Å²) in [5, 5.41) is 0. The summed E-state index contributed by atoms with van der Waals surface area (Å²) in [6, 6.07) is 25.7. The first-order valence-electron chi connectivity index (χ1n) is 15.9. The molecule has 0 radical (unpaired) electrons. The molecule has 5 rings (SSSR count). The Morgan fingerprint density at radius 2 is 1.27 bits per heavy atom. The largest absolute Gasteiger partial charge is 0.367 e.